The molecule has 0 atom stereocenters. The summed E-state index contributed by atoms with van der Waals surface area (Å²) in [4.78, 5) is 0. The summed E-state index contributed by atoms with van der Waals surface area (Å²) in [5.74, 6) is 0. The van der Waals surface area contributed by atoms with Crippen molar-refractivity contribution in [3.63, 3.8) is 0 Å². The molecule has 0 aliphatic heterocycles. The molecule has 2 aromatic carbocycles. The van der Waals surface area contributed by atoms with E-state index in [0.717, 1.165) is 0 Å². The van der Waals surface area contributed by atoms with E-state index in [-0.39, 0.29) is 18.6 Å². The van der Waals surface area contributed by atoms with E-state index in [1.807, 2.05) is 0 Å². The Balaban J connectivity index is 0.000000324. The van der Waals surface area contributed by atoms with Crippen LogP contribution in [0.4, 0.5) is 0 Å². The van der Waals surface area contributed by atoms with Crippen LogP contribution in [0.3, 0.4) is 0 Å². The van der Waals surface area contributed by atoms with Crippen molar-refractivity contribution in [2.45, 2.75) is 52.4 Å². The molecule has 0 unspecified atom stereocenters. The van der Waals surface area contributed by atoms with Crippen molar-refractivity contribution in [2.75, 3.05) is 0 Å². The fourth-order valence-corrected chi connectivity index (χ4v) is 1.92. The second-order valence-corrected chi connectivity index (χ2v) is 4.79. The molecule has 0 N–H and O–H groups in total. The third kappa shape index (κ3) is 8.91. The smallest absolute Gasteiger partial charge is 0 e. The Kier molecular flexibility index (Phi) is 11.9. The maximum atomic E-state index is 2.23. The first kappa shape index (κ1) is 18.3. The second kappa shape index (κ2) is 12.3. The van der Waals surface area contributed by atoms with Crippen LogP contribution >= 0.6 is 0 Å². The predicted octanol–water partition coefficient (Wildman–Crippen LogP) is 5.49. The van der Waals surface area contributed by atoms with E-state index in [9.17, 15) is 0 Å². The van der Waals surface area contributed by atoms with Gasteiger partial charge in [0.15, 0.2) is 0 Å². The van der Waals surface area contributed by atoms with E-state index >= 15 is 0 Å². The molecule has 109 valence electrons. The van der Waals surface area contributed by atoms with Gasteiger partial charge in [0.2, 0.25) is 0 Å². The zero-order chi connectivity index (χ0) is 13.1. The molecule has 0 bridgehead atoms. The van der Waals surface area contributed by atoms with Gasteiger partial charge in [-0.3, -0.25) is 0 Å². The molecule has 2 aromatic rings. The topological polar surface area (TPSA) is 0 Å². The maximum Gasteiger partial charge on any atom is 0 e. The third-order valence-electron chi connectivity index (χ3n) is 3.10. The molecule has 19 heavy (non-hydrogen) atoms. The molecule has 0 nitrogen and oxygen atoms in total. The van der Waals surface area contributed by atoms with Gasteiger partial charge in [-0.1, -0.05) is 46.0 Å². The van der Waals surface area contributed by atoms with Crippen LogP contribution in [0.1, 0.15) is 50.7 Å². The van der Waals surface area contributed by atoms with Crippen LogP contribution in [0.5, 0.6) is 0 Å². The number of unbranched alkanes of at least 4 members (excludes halogenated alkanes) is 2. The van der Waals surface area contributed by atoms with E-state index in [4.69, 9.17) is 0 Å². The van der Waals surface area contributed by atoms with Crippen molar-refractivity contribution in [3.8, 4) is 0 Å². The van der Waals surface area contributed by atoms with Crippen LogP contribution in [0.15, 0.2) is 48.5 Å². The fourth-order valence-electron chi connectivity index (χ4n) is 1.92. The average Bonchev–Trinajstić information content (AvgIpc) is 3.07. The van der Waals surface area contributed by atoms with E-state index < -0.39 is 0 Å². The van der Waals surface area contributed by atoms with Gasteiger partial charge in [0.25, 0.3) is 0 Å². The Morgan fingerprint density at radius 1 is 0.842 bits per heavy atom. The first-order valence-corrected chi connectivity index (χ1v) is 7.28. The summed E-state index contributed by atoms with van der Waals surface area (Å²) < 4.78 is 0. The third-order valence-corrected chi connectivity index (χ3v) is 3.10. The van der Waals surface area contributed by atoms with Crippen molar-refractivity contribution in [2.24, 2.45) is 0 Å². The van der Waals surface area contributed by atoms with Crippen molar-refractivity contribution >= 4 is 0 Å². The van der Waals surface area contributed by atoms with Crippen molar-refractivity contribution in [1.29, 1.82) is 0 Å². The second-order valence-electron chi connectivity index (χ2n) is 4.79. The van der Waals surface area contributed by atoms with Crippen LogP contribution in [-0.4, -0.2) is 0 Å². The van der Waals surface area contributed by atoms with Crippen LogP contribution in [0.2, 0.25) is 0 Å². The van der Waals surface area contributed by atoms with Gasteiger partial charge >= 0.3 is 0 Å². The summed E-state index contributed by atoms with van der Waals surface area (Å²) in [6.45, 7) is 4.45. The molecule has 2 rings (SSSR count). The first-order chi connectivity index (χ1) is 8.86. The van der Waals surface area contributed by atoms with Gasteiger partial charge in [-0.15, -0.1) is 0 Å². The van der Waals surface area contributed by atoms with Crippen LogP contribution in [0, 0.1) is 0 Å². The van der Waals surface area contributed by atoms with Gasteiger partial charge in [0.05, 0.1) is 0 Å². The van der Waals surface area contributed by atoms with Crippen LogP contribution in [0.25, 0.3) is 0 Å². The molecule has 0 aliphatic rings. The standard InChI is InChI=1S/2C9H13.V/c2*1-2-3-6-9-7-4-5-8-9;/h2*4-5,7-8H,2-3,6H2,1H3;/q-5;-1;. The molecule has 0 saturated carbocycles. The molecule has 0 heterocycles. The molecular formula is C18H26V-6. The summed E-state index contributed by atoms with van der Waals surface area (Å²) in [7, 11) is 0. The molecule has 0 amide bonds. The van der Waals surface area contributed by atoms with Crippen molar-refractivity contribution in [3.05, 3.63) is 59.7 Å². The van der Waals surface area contributed by atoms with Crippen LogP contribution in [-0.2, 0) is 31.4 Å². The summed E-state index contributed by atoms with van der Waals surface area (Å²) in [6, 6.07) is 17.2. The van der Waals surface area contributed by atoms with Gasteiger partial charge in [-0.2, -0.15) is 17.7 Å². The van der Waals surface area contributed by atoms with Gasteiger partial charge in [-0.25, -0.2) is 18.6 Å². The first-order valence-electron chi connectivity index (χ1n) is 7.28. The predicted molar refractivity (Wildman–Crippen MR) is 81.3 cm³/mol. The molecule has 0 saturated heterocycles. The van der Waals surface area contributed by atoms with Crippen molar-refractivity contribution < 1.29 is 18.6 Å². The Morgan fingerprint density at radius 3 is 1.89 bits per heavy atom. The minimum absolute atomic E-state index is 0. The maximum absolute atomic E-state index is 2.23. The summed E-state index contributed by atoms with van der Waals surface area (Å²) in [5, 5.41) is 0. The Morgan fingerprint density at radius 2 is 1.37 bits per heavy atom. The number of hydrogen-bond acceptors (Lipinski definition) is 0. The normalized spacial score (nSPS) is 9.37. The van der Waals surface area contributed by atoms with Crippen LogP contribution < -0.4 is 0 Å². The molecule has 1 radical (unpaired) electrons. The molecule has 0 aliphatic carbocycles. The molecule has 0 aromatic heterocycles. The number of rotatable bonds is 6. The average molecular weight is 293 g/mol. The molecule has 0 spiro atoms. The van der Waals surface area contributed by atoms with Gasteiger partial charge in [0.1, 0.15) is 0 Å². The number of hydrogen-bond donors (Lipinski definition) is 0. The minimum atomic E-state index is 0. The quantitative estimate of drug-likeness (QED) is 0.617. The zero-order valence-corrected chi connectivity index (χ0v) is 13.7. The van der Waals surface area contributed by atoms with Crippen molar-refractivity contribution in [1.82, 2.24) is 0 Å². The SMILES string of the molecule is CCCC[c-]1[cH-][cH-][cH-][cH-]1.CCCC[c-]1cccc1.[V]. The molecule has 1 heteroatoms. The Hall–Kier alpha value is -0.716. The Labute approximate surface area is 130 Å². The minimum Gasteiger partial charge on any atom is -0.748 e. The van der Waals surface area contributed by atoms with Gasteiger partial charge in [0, 0.05) is 18.6 Å². The van der Waals surface area contributed by atoms with E-state index in [2.05, 4.69) is 62.4 Å². The van der Waals surface area contributed by atoms with E-state index in [1.54, 1.807) is 0 Å². The summed E-state index contributed by atoms with van der Waals surface area (Å²) in [5.41, 5.74) is 2.97. The van der Waals surface area contributed by atoms with Gasteiger partial charge in [-0.05, 0) is 0 Å². The Bertz CT molecular complexity index is 318. The monoisotopic (exact) mass is 293 g/mol. The number of aryl methyl sites for hydroxylation is 2. The summed E-state index contributed by atoms with van der Waals surface area (Å²) >= 11 is 0. The zero-order valence-electron chi connectivity index (χ0n) is 12.3. The van der Waals surface area contributed by atoms with E-state index in [0.29, 0.717) is 0 Å². The fraction of sp³-hybridized carbons (Fsp3) is 0.444. The van der Waals surface area contributed by atoms with Gasteiger partial charge < -0.3 is 29.8 Å². The molecule has 0 fully saturated rings. The molecular weight excluding hydrogens is 267 g/mol. The van der Waals surface area contributed by atoms with E-state index in [1.165, 1.54) is 49.7 Å². The summed E-state index contributed by atoms with van der Waals surface area (Å²) in [6.07, 6.45) is 7.75. The largest absolute Gasteiger partial charge is 0.748 e.